The number of hydrogen-bond acceptors (Lipinski definition) is 7. The minimum absolute atomic E-state index is 0.00557. The molecule has 0 saturated heterocycles. The number of benzene rings is 1. The zero-order valence-electron chi connectivity index (χ0n) is 16.3. The van der Waals surface area contributed by atoms with Crippen molar-refractivity contribution in [3.63, 3.8) is 0 Å². The van der Waals surface area contributed by atoms with E-state index in [4.69, 9.17) is 19.0 Å². The summed E-state index contributed by atoms with van der Waals surface area (Å²) in [6.07, 6.45) is 1.06. The van der Waals surface area contributed by atoms with Gasteiger partial charge >= 0.3 is 11.9 Å². The summed E-state index contributed by atoms with van der Waals surface area (Å²) in [5.41, 5.74) is 1.21. The largest absolute Gasteiger partial charge is 0.496 e. The Morgan fingerprint density at radius 1 is 1.19 bits per heavy atom. The second-order valence-corrected chi connectivity index (χ2v) is 7.84. The lowest BCUT2D eigenvalue weighted by Crippen LogP contribution is -2.24. The fraction of sp³-hybridized carbons (Fsp3) is 0.550. The number of esters is 2. The van der Waals surface area contributed by atoms with Gasteiger partial charge in [0.2, 0.25) is 0 Å². The minimum atomic E-state index is -0.615. The molecule has 1 aromatic carbocycles. The van der Waals surface area contributed by atoms with Gasteiger partial charge in [0.15, 0.2) is 0 Å². The summed E-state index contributed by atoms with van der Waals surface area (Å²) in [5.74, 6) is -0.455. The highest BCUT2D eigenvalue weighted by atomic mass is 16.6. The van der Waals surface area contributed by atoms with Crippen LogP contribution in [-0.4, -0.2) is 43.6 Å². The molecule has 0 radical (unpaired) electrons. The van der Waals surface area contributed by atoms with Crippen molar-refractivity contribution in [1.29, 1.82) is 0 Å². The van der Waals surface area contributed by atoms with Gasteiger partial charge in [0.1, 0.15) is 23.0 Å². The summed E-state index contributed by atoms with van der Waals surface area (Å²) in [6.45, 7) is 5.44. The maximum absolute atomic E-state index is 12.6. The van der Waals surface area contributed by atoms with Crippen LogP contribution in [0.2, 0.25) is 0 Å². The first-order valence-corrected chi connectivity index (χ1v) is 8.96. The van der Waals surface area contributed by atoms with E-state index in [0.717, 1.165) is 11.3 Å². The zero-order valence-corrected chi connectivity index (χ0v) is 16.3. The van der Waals surface area contributed by atoms with Crippen LogP contribution in [0.5, 0.6) is 5.75 Å². The summed E-state index contributed by atoms with van der Waals surface area (Å²) in [5, 5.41) is 4.21. The van der Waals surface area contributed by atoms with Crippen molar-refractivity contribution in [2.45, 2.75) is 45.3 Å². The molecule has 3 rings (SSSR count). The fourth-order valence-electron chi connectivity index (χ4n) is 3.58. The van der Waals surface area contributed by atoms with E-state index in [1.807, 2.05) is 26.8 Å². The second-order valence-electron chi connectivity index (χ2n) is 7.84. The van der Waals surface area contributed by atoms with Crippen LogP contribution in [0.25, 0.3) is 0 Å². The van der Waals surface area contributed by atoms with Crippen LogP contribution < -0.4 is 4.74 Å². The van der Waals surface area contributed by atoms with Crippen molar-refractivity contribution in [2.75, 3.05) is 14.2 Å². The Morgan fingerprint density at radius 2 is 1.93 bits per heavy atom. The number of hydrogen-bond donors (Lipinski definition) is 0. The lowest BCUT2D eigenvalue weighted by atomic mass is 9.92. The molecule has 2 aliphatic rings. The number of fused-ring (bicyclic) bond motifs is 1. The Morgan fingerprint density at radius 3 is 2.56 bits per heavy atom. The van der Waals surface area contributed by atoms with Crippen molar-refractivity contribution < 1.29 is 28.6 Å². The Bertz CT molecular complexity index is 779. The minimum Gasteiger partial charge on any atom is -0.496 e. The third kappa shape index (κ3) is 3.91. The summed E-state index contributed by atoms with van der Waals surface area (Å²) >= 11 is 0. The van der Waals surface area contributed by atoms with Crippen molar-refractivity contribution in [3.05, 3.63) is 29.3 Å². The molecule has 0 spiro atoms. The molecule has 1 saturated carbocycles. The highest BCUT2D eigenvalue weighted by Crippen LogP contribution is 2.40. The first kappa shape index (κ1) is 19.2. The van der Waals surface area contributed by atoms with Crippen LogP contribution in [0.4, 0.5) is 0 Å². The third-order valence-corrected chi connectivity index (χ3v) is 4.79. The predicted octanol–water partition coefficient (Wildman–Crippen LogP) is 2.95. The Labute approximate surface area is 158 Å². The number of ether oxygens (including phenoxy) is 3. The highest BCUT2D eigenvalue weighted by Gasteiger charge is 2.46. The molecule has 0 amide bonds. The number of rotatable bonds is 4. The van der Waals surface area contributed by atoms with E-state index in [0.29, 0.717) is 24.2 Å². The SMILES string of the molecule is COC(=O)C1CC2ON=C(c3ccc(OC)c(C(=O)OC(C)(C)C)c3)C2C1. The van der Waals surface area contributed by atoms with Crippen molar-refractivity contribution in [1.82, 2.24) is 0 Å². The zero-order chi connectivity index (χ0) is 19.8. The van der Waals surface area contributed by atoms with Gasteiger partial charge in [0.25, 0.3) is 0 Å². The summed E-state index contributed by atoms with van der Waals surface area (Å²) in [7, 11) is 2.90. The van der Waals surface area contributed by atoms with E-state index in [-0.39, 0.29) is 23.9 Å². The lowest BCUT2D eigenvalue weighted by Gasteiger charge is -2.20. The Hall–Kier alpha value is -2.57. The molecule has 3 atom stereocenters. The maximum atomic E-state index is 12.6. The van der Waals surface area contributed by atoms with Gasteiger partial charge in [-0.2, -0.15) is 0 Å². The lowest BCUT2D eigenvalue weighted by molar-refractivity contribution is -0.145. The molecule has 27 heavy (non-hydrogen) atoms. The quantitative estimate of drug-likeness (QED) is 0.753. The van der Waals surface area contributed by atoms with Crippen LogP contribution in [0, 0.1) is 11.8 Å². The number of carbonyl (C=O) groups excluding carboxylic acids is 2. The molecule has 1 aliphatic carbocycles. The van der Waals surface area contributed by atoms with E-state index in [2.05, 4.69) is 5.16 Å². The number of nitrogens with zero attached hydrogens (tertiary/aromatic N) is 1. The van der Waals surface area contributed by atoms with Crippen LogP contribution in [0.15, 0.2) is 23.4 Å². The van der Waals surface area contributed by atoms with Crippen LogP contribution in [-0.2, 0) is 19.1 Å². The molecule has 0 bridgehead atoms. The van der Waals surface area contributed by atoms with E-state index in [9.17, 15) is 9.59 Å². The van der Waals surface area contributed by atoms with Gasteiger partial charge in [0.05, 0.1) is 25.8 Å². The fourth-order valence-corrected chi connectivity index (χ4v) is 3.58. The average molecular weight is 375 g/mol. The molecule has 1 aliphatic heterocycles. The molecule has 7 heteroatoms. The monoisotopic (exact) mass is 375 g/mol. The third-order valence-electron chi connectivity index (χ3n) is 4.79. The number of oxime groups is 1. The first-order chi connectivity index (χ1) is 12.7. The molecule has 7 nitrogen and oxygen atoms in total. The Balaban J connectivity index is 1.86. The maximum Gasteiger partial charge on any atom is 0.342 e. The van der Waals surface area contributed by atoms with Gasteiger partial charge in [-0.3, -0.25) is 4.79 Å². The van der Waals surface area contributed by atoms with Gasteiger partial charge in [-0.1, -0.05) is 5.16 Å². The molecule has 0 N–H and O–H groups in total. The molecule has 1 aromatic rings. The normalized spacial score (nSPS) is 23.9. The molecular weight excluding hydrogens is 350 g/mol. The van der Waals surface area contributed by atoms with Crippen molar-refractivity contribution in [3.8, 4) is 5.75 Å². The highest BCUT2D eigenvalue weighted by molar-refractivity contribution is 6.05. The standard InChI is InChI=1S/C20H25NO6/c1-20(2,3)26-19(23)14-8-11(6-7-15(14)24-4)17-13-9-12(18(22)25-5)10-16(13)27-21-17/h6-8,12-13,16H,9-10H2,1-5H3. The summed E-state index contributed by atoms with van der Waals surface area (Å²) in [6, 6.07) is 5.27. The van der Waals surface area contributed by atoms with Crippen LogP contribution in [0.1, 0.15) is 49.5 Å². The van der Waals surface area contributed by atoms with Crippen molar-refractivity contribution >= 4 is 17.7 Å². The van der Waals surface area contributed by atoms with Gasteiger partial charge in [-0.15, -0.1) is 0 Å². The topological polar surface area (TPSA) is 83.4 Å². The molecule has 1 heterocycles. The van der Waals surface area contributed by atoms with E-state index < -0.39 is 11.6 Å². The summed E-state index contributed by atoms with van der Waals surface area (Å²) < 4.78 is 15.7. The molecule has 0 aromatic heterocycles. The first-order valence-electron chi connectivity index (χ1n) is 8.96. The Kier molecular flexibility index (Phi) is 5.13. The molecule has 1 fully saturated rings. The number of methoxy groups -OCH3 is 2. The van der Waals surface area contributed by atoms with E-state index >= 15 is 0 Å². The summed E-state index contributed by atoms with van der Waals surface area (Å²) in [4.78, 5) is 30.0. The van der Waals surface area contributed by atoms with Gasteiger partial charge in [-0.25, -0.2) is 4.79 Å². The molecular formula is C20H25NO6. The number of carbonyl (C=O) groups is 2. The van der Waals surface area contributed by atoms with Crippen LogP contribution in [0.3, 0.4) is 0 Å². The van der Waals surface area contributed by atoms with Gasteiger partial charge < -0.3 is 19.0 Å². The van der Waals surface area contributed by atoms with Crippen LogP contribution >= 0.6 is 0 Å². The predicted molar refractivity (Wildman–Crippen MR) is 97.8 cm³/mol. The smallest absolute Gasteiger partial charge is 0.342 e. The second kappa shape index (κ2) is 7.21. The van der Waals surface area contributed by atoms with E-state index in [1.165, 1.54) is 14.2 Å². The van der Waals surface area contributed by atoms with Crippen molar-refractivity contribution in [2.24, 2.45) is 17.0 Å². The van der Waals surface area contributed by atoms with Gasteiger partial charge in [-0.05, 0) is 45.4 Å². The van der Waals surface area contributed by atoms with E-state index in [1.54, 1.807) is 12.1 Å². The molecule has 146 valence electrons. The average Bonchev–Trinajstić information content (AvgIpc) is 3.19. The van der Waals surface area contributed by atoms with Gasteiger partial charge in [0, 0.05) is 17.9 Å². The molecule has 3 unspecified atom stereocenters.